The SMILES string of the molecule is CCCCCCCCC(CC)OC(=O)CCCCCCCN(CCCCCCCC(=O)OC(CCCCCCCC)CCCCCCCC)CCCNC(=O)CS(=O)Cc1ccco1.COC(=O)CS(=O)Cc1ccco1. The minimum atomic E-state index is -1.30. The lowest BCUT2D eigenvalue weighted by molar-refractivity contribution is -0.150. The van der Waals surface area contributed by atoms with Gasteiger partial charge in [-0.2, -0.15) is 0 Å². The maximum absolute atomic E-state index is 12.9. The Labute approximate surface area is 473 Å². The van der Waals surface area contributed by atoms with Gasteiger partial charge in [0.25, 0.3) is 0 Å². The minimum Gasteiger partial charge on any atom is -0.468 e. The number of amides is 1. The van der Waals surface area contributed by atoms with Crippen molar-refractivity contribution in [1.29, 1.82) is 0 Å². The summed E-state index contributed by atoms with van der Waals surface area (Å²) in [5.74, 6) is 0.952. The molecule has 2 rings (SSSR count). The standard InChI is InChI=1S/C54H100N2O7S.C8H10O4S/c1-5-9-12-15-20-27-36-49(8-4)62-53(58)40-30-23-18-25-32-43-56(45-35-42-55-52(57)48-64(60)47-51-39-34-46-61-51)44-33-26-19-24-31-41-54(59)63-50(37-28-21-16-13-10-6-2)38-29-22-17-14-11-7-3;1-11-8(9)6-13(10)5-7-3-2-4-12-7/h34,39,46,49-50H,5-33,35-38,40-45,47-48H2,1-4H3,(H,55,57);2-4H,5-6H2,1H3. The highest BCUT2D eigenvalue weighted by atomic mass is 32.2. The molecule has 0 aliphatic heterocycles. The quantitative estimate of drug-likeness (QED) is 0.0378. The number of methoxy groups -OCH3 is 1. The molecule has 0 aromatic carbocycles. The van der Waals surface area contributed by atoms with Crippen LogP contribution in [-0.4, -0.2) is 94.1 Å². The molecule has 0 aliphatic carbocycles. The number of esters is 3. The number of carbonyl (C=O) groups excluding carboxylic acids is 4. The van der Waals surface area contributed by atoms with Gasteiger partial charge in [0.05, 0.1) is 31.1 Å². The van der Waals surface area contributed by atoms with Crippen LogP contribution in [0.2, 0.25) is 0 Å². The Morgan fingerprint density at radius 1 is 0.494 bits per heavy atom. The van der Waals surface area contributed by atoms with E-state index >= 15 is 0 Å². The normalized spacial score (nSPS) is 12.5. The lowest BCUT2D eigenvalue weighted by atomic mass is 10.0. The number of nitrogens with one attached hydrogen (secondary N) is 1. The summed E-state index contributed by atoms with van der Waals surface area (Å²) < 4.78 is 50.1. The number of rotatable bonds is 52. The van der Waals surface area contributed by atoms with Gasteiger partial charge in [-0.3, -0.25) is 27.6 Å². The number of hydrogen-bond donors (Lipinski definition) is 1. The Balaban J connectivity index is 0.00000197. The van der Waals surface area contributed by atoms with Crippen molar-refractivity contribution in [1.82, 2.24) is 10.2 Å². The molecule has 3 unspecified atom stereocenters. The highest BCUT2D eigenvalue weighted by Gasteiger charge is 2.16. The van der Waals surface area contributed by atoms with Gasteiger partial charge in [0.15, 0.2) is 0 Å². The van der Waals surface area contributed by atoms with E-state index < -0.39 is 27.6 Å². The molecule has 77 heavy (non-hydrogen) atoms. The average Bonchev–Trinajstić information content (AvgIpc) is 4.14. The fourth-order valence-corrected chi connectivity index (χ4v) is 11.2. The fraction of sp³-hybridized carbons (Fsp3) is 0.806. The summed E-state index contributed by atoms with van der Waals surface area (Å²) in [6.45, 7) is 12.4. The first kappa shape index (κ1) is 71.7. The van der Waals surface area contributed by atoms with E-state index in [-0.39, 0.29) is 53.1 Å². The average molecular weight is 1120 g/mol. The lowest BCUT2D eigenvalue weighted by Crippen LogP contribution is -2.33. The van der Waals surface area contributed by atoms with Gasteiger partial charge < -0.3 is 33.3 Å². The van der Waals surface area contributed by atoms with E-state index in [0.29, 0.717) is 30.9 Å². The van der Waals surface area contributed by atoms with Crippen molar-refractivity contribution in [3.05, 3.63) is 48.3 Å². The summed E-state index contributed by atoms with van der Waals surface area (Å²) in [5.41, 5.74) is 0. The number of unbranched alkanes of at least 4 members (excludes halogenated alkanes) is 23. The molecule has 0 radical (unpaired) electrons. The minimum absolute atomic E-state index is 0.00661. The van der Waals surface area contributed by atoms with E-state index in [1.54, 1.807) is 30.5 Å². The van der Waals surface area contributed by atoms with E-state index in [9.17, 15) is 27.6 Å². The zero-order valence-corrected chi connectivity index (χ0v) is 50.9. The van der Waals surface area contributed by atoms with Crippen LogP contribution in [0.3, 0.4) is 0 Å². The summed E-state index contributed by atoms with van der Waals surface area (Å²) in [6, 6.07) is 6.97. The molecule has 2 aromatic rings. The first-order valence-corrected chi connectivity index (χ1v) is 33.7. The summed E-state index contributed by atoms with van der Waals surface area (Å²) in [5, 5.41) is 2.97. The van der Waals surface area contributed by atoms with E-state index in [1.807, 2.05) is 0 Å². The number of carbonyl (C=O) groups is 4. The topological polar surface area (TPSA) is 172 Å². The predicted octanol–water partition coefficient (Wildman–Crippen LogP) is 15.2. The van der Waals surface area contributed by atoms with Crippen LogP contribution >= 0.6 is 0 Å². The first-order chi connectivity index (χ1) is 37.5. The summed E-state index contributed by atoms with van der Waals surface area (Å²) in [4.78, 5) is 51.1. The number of furan rings is 2. The molecule has 446 valence electrons. The fourth-order valence-electron chi connectivity index (χ4n) is 9.29. The second-order valence-corrected chi connectivity index (χ2v) is 24.0. The van der Waals surface area contributed by atoms with Gasteiger partial charge in [0.1, 0.15) is 35.2 Å². The molecule has 1 amide bonds. The van der Waals surface area contributed by atoms with Crippen LogP contribution in [0.1, 0.15) is 264 Å². The summed E-state index contributed by atoms with van der Waals surface area (Å²) in [7, 11) is -1.28. The molecule has 2 aromatic heterocycles. The third-order valence-corrected chi connectivity index (χ3v) is 16.3. The van der Waals surface area contributed by atoms with E-state index in [2.05, 4.69) is 42.6 Å². The molecule has 3 atom stereocenters. The largest absolute Gasteiger partial charge is 0.468 e. The lowest BCUT2D eigenvalue weighted by Gasteiger charge is -2.22. The second kappa shape index (κ2) is 52.1. The number of hydrogen-bond acceptors (Lipinski definition) is 12. The molecule has 0 saturated carbocycles. The van der Waals surface area contributed by atoms with Crippen LogP contribution in [0.15, 0.2) is 45.6 Å². The molecule has 0 aliphatic rings. The van der Waals surface area contributed by atoms with Crippen molar-refractivity contribution in [2.24, 2.45) is 0 Å². The van der Waals surface area contributed by atoms with Gasteiger partial charge in [-0.1, -0.05) is 163 Å². The number of ether oxygens (including phenoxy) is 3. The Hall–Kier alpha value is -3.30. The van der Waals surface area contributed by atoms with E-state index in [4.69, 9.17) is 18.3 Å². The molecule has 15 heteroatoms. The van der Waals surface area contributed by atoms with Crippen molar-refractivity contribution in [3.63, 3.8) is 0 Å². The van der Waals surface area contributed by atoms with E-state index in [1.165, 1.54) is 110 Å². The summed E-state index contributed by atoms with van der Waals surface area (Å²) in [6.07, 6.45) is 42.3. The van der Waals surface area contributed by atoms with Crippen molar-refractivity contribution in [3.8, 4) is 0 Å². The molecule has 1 N–H and O–H groups in total. The van der Waals surface area contributed by atoms with Crippen LogP contribution < -0.4 is 5.32 Å². The monoisotopic (exact) mass is 1120 g/mol. The van der Waals surface area contributed by atoms with Gasteiger partial charge in [-0.05, 0) is 121 Å². The van der Waals surface area contributed by atoms with Crippen LogP contribution in [0.5, 0.6) is 0 Å². The van der Waals surface area contributed by atoms with Gasteiger partial charge >= 0.3 is 17.9 Å². The highest BCUT2D eigenvalue weighted by molar-refractivity contribution is 7.85. The van der Waals surface area contributed by atoms with Gasteiger partial charge in [-0.25, -0.2) is 0 Å². The van der Waals surface area contributed by atoms with Crippen LogP contribution in [0, 0.1) is 0 Å². The van der Waals surface area contributed by atoms with Crippen molar-refractivity contribution >= 4 is 45.4 Å². The zero-order valence-electron chi connectivity index (χ0n) is 49.3. The van der Waals surface area contributed by atoms with Gasteiger partial charge in [-0.15, -0.1) is 0 Å². The molecule has 0 fully saturated rings. The summed E-state index contributed by atoms with van der Waals surface area (Å²) >= 11 is 0. The van der Waals surface area contributed by atoms with Gasteiger partial charge in [0.2, 0.25) is 5.91 Å². The molecule has 0 spiro atoms. The highest BCUT2D eigenvalue weighted by Crippen LogP contribution is 2.19. The Morgan fingerprint density at radius 2 is 0.883 bits per heavy atom. The molecular weight excluding hydrogens is 1010 g/mol. The maximum Gasteiger partial charge on any atom is 0.318 e. The predicted molar refractivity (Wildman–Crippen MR) is 316 cm³/mol. The first-order valence-electron chi connectivity index (χ1n) is 30.7. The third kappa shape index (κ3) is 45.2. The number of nitrogens with zero attached hydrogens (tertiary/aromatic N) is 1. The second-order valence-electron chi connectivity index (χ2n) is 21.1. The molecular formula is C62H110N2O11S2. The zero-order chi connectivity index (χ0) is 56.2. The molecule has 0 saturated heterocycles. The molecule has 13 nitrogen and oxygen atoms in total. The Kier molecular flexibility index (Phi) is 48.5. The van der Waals surface area contributed by atoms with Crippen LogP contribution in [0.25, 0.3) is 0 Å². The third-order valence-electron chi connectivity index (χ3n) is 13.9. The van der Waals surface area contributed by atoms with Crippen molar-refractivity contribution in [2.45, 2.75) is 276 Å². The molecule has 2 heterocycles. The van der Waals surface area contributed by atoms with E-state index in [0.717, 1.165) is 135 Å². The van der Waals surface area contributed by atoms with Crippen molar-refractivity contribution in [2.75, 3.05) is 44.8 Å². The van der Waals surface area contributed by atoms with Crippen LogP contribution in [-0.2, 0) is 66.5 Å². The molecule has 0 bridgehead atoms. The Bertz CT molecular complexity index is 1710. The maximum atomic E-state index is 12.9. The van der Waals surface area contributed by atoms with Crippen molar-refractivity contribution < 1.29 is 50.6 Å². The van der Waals surface area contributed by atoms with Gasteiger partial charge in [0, 0.05) is 41.0 Å². The smallest absolute Gasteiger partial charge is 0.318 e. The van der Waals surface area contributed by atoms with Crippen LogP contribution in [0.4, 0.5) is 0 Å². The Morgan fingerprint density at radius 3 is 1.31 bits per heavy atom.